The van der Waals surface area contributed by atoms with E-state index in [0.29, 0.717) is 21.9 Å². The first-order valence-corrected chi connectivity index (χ1v) is 12.1. The first-order chi connectivity index (χ1) is 16.8. The summed E-state index contributed by atoms with van der Waals surface area (Å²) in [4.78, 5) is 34.3. The summed E-state index contributed by atoms with van der Waals surface area (Å²) in [5.74, 6) is -0.559. The Balaban J connectivity index is 1.55. The molecule has 3 aromatic carbocycles. The minimum absolute atomic E-state index is 0.0499. The molecule has 2 aromatic heterocycles. The van der Waals surface area contributed by atoms with E-state index in [1.54, 1.807) is 0 Å². The molecule has 2 N–H and O–H groups in total. The maximum atomic E-state index is 13.6. The van der Waals surface area contributed by atoms with Crippen molar-refractivity contribution in [1.82, 2.24) is 14.5 Å². The molecular weight excluding hydrogens is 463 g/mol. The zero-order valence-electron chi connectivity index (χ0n) is 19.5. The van der Waals surface area contributed by atoms with Crippen LogP contribution in [0.25, 0.3) is 27.6 Å². The highest BCUT2D eigenvalue weighted by molar-refractivity contribution is 7.99. The minimum atomic E-state index is -0.404. The van der Waals surface area contributed by atoms with Gasteiger partial charge in [0, 0.05) is 16.6 Å². The van der Waals surface area contributed by atoms with E-state index in [4.69, 9.17) is 4.98 Å². The maximum Gasteiger partial charge on any atom is 0.283 e. The number of fused-ring (bicyclic) bond motifs is 3. The van der Waals surface area contributed by atoms with Crippen molar-refractivity contribution < 1.29 is 9.18 Å². The van der Waals surface area contributed by atoms with E-state index < -0.39 is 5.82 Å². The molecule has 8 heteroatoms. The van der Waals surface area contributed by atoms with Crippen molar-refractivity contribution in [2.75, 3.05) is 11.1 Å². The summed E-state index contributed by atoms with van der Waals surface area (Å²) in [6.07, 6.45) is 0. The van der Waals surface area contributed by atoms with E-state index in [1.807, 2.05) is 57.2 Å². The van der Waals surface area contributed by atoms with Crippen molar-refractivity contribution in [2.45, 2.75) is 25.9 Å². The fourth-order valence-electron chi connectivity index (χ4n) is 4.34. The molecule has 2 heterocycles. The summed E-state index contributed by atoms with van der Waals surface area (Å²) in [5, 5.41) is 4.16. The lowest BCUT2D eigenvalue weighted by Gasteiger charge is -2.14. The van der Waals surface area contributed by atoms with Gasteiger partial charge in [-0.2, -0.15) is 0 Å². The fourth-order valence-corrected chi connectivity index (χ4v) is 5.15. The Hall–Kier alpha value is -3.91. The van der Waals surface area contributed by atoms with E-state index in [1.165, 1.54) is 28.8 Å². The van der Waals surface area contributed by atoms with Gasteiger partial charge in [-0.1, -0.05) is 47.7 Å². The van der Waals surface area contributed by atoms with Gasteiger partial charge in [-0.3, -0.25) is 14.2 Å². The van der Waals surface area contributed by atoms with Gasteiger partial charge in [0.15, 0.2) is 5.16 Å². The van der Waals surface area contributed by atoms with Gasteiger partial charge in [-0.15, -0.1) is 0 Å². The lowest BCUT2D eigenvalue weighted by Crippen LogP contribution is -2.23. The predicted molar refractivity (Wildman–Crippen MR) is 139 cm³/mol. The van der Waals surface area contributed by atoms with Crippen LogP contribution in [0.4, 0.5) is 10.1 Å². The average molecular weight is 487 g/mol. The summed E-state index contributed by atoms with van der Waals surface area (Å²) in [6.45, 7) is 5.94. The number of aromatic nitrogens is 3. The number of hydrogen-bond donors (Lipinski definition) is 2. The molecule has 176 valence electrons. The third-order valence-corrected chi connectivity index (χ3v) is 6.79. The van der Waals surface area contributed by atoms with Gasteiger partial charge in [-0.25, -0.2) is 9.37 Å². The molecule has 0 spiro atoms. The summed E-state index contributed by atoms with van der Waals surface area (Å²) >= 11 is 1.16. The minimum Gasteiger partial charge on any atom is -0.349 e. The van der Waals surface area contributed by atoms with Crippen LogP contribution in [0.15, 0.2) is 70.6 Å². The molecule has 6 nitrogen and oxygen atoms in total. The van der Waals surface area contributed by atoms with Crippen LogP contribution in [0.5, 0.6) is 0 Å². The first kappa shape index (κ1) is 22.9. The number of H-pyrrole nitrogens is 1. The lowest BCUT2D eigenvalue weighted by molar-refractivity contribution is -0.113. The first-order valence-electron chi connectivity index (χ1n) is 11.1. The number of carbonyl (C=O) groups excluding carboxylic acids is 1. The standard InChI is InChI=1S/C27H23FN4O2S/c1-15-12-16(2)23(17(3)13-15)30-22(33)14-35-27-31-24-20-6-4-5-7-21(20)29-25(24)26(34)32(27)19-10-8-18(28)9-11-19/h4-13,29H,14H2,1-3H3,(H,30,33). The Labute approximate surface area is 205 Å². The maximum absolute atomic E-state index is 13.6. The average Bonchev–Trinajstić information content (AvgIpc) is 3.20. The molecule has 0 saturated heterocycles. The highest BCUT2D eigenvalue weighted by atomic mass is 32.2. The van der Waals surface area contributed by atoms with Gasteiger partial charge < -0.3 is 10.3 Å². The van der Waals surface area contributed by atoms with Crippen molar-refractivity contribution in [1.29, 1.82) is 0 Å². The number of rotatable bonds is 5. The predicted octanol–water partition coefficient (Wildman–Crippen LogP) is 5.66. The molecule has 0 aliphatic heterocycles. The van der Waals surface area contributed by atoms with Gasteiger partial charge >= 0.3 is 0 Å². The van der Waals surface area contributed by atoms with E-state index in [9.17, 15) is 14.0 Å². The van der Waals surface area contributed by atoms with Crippen molar-refractivity contribution in [3.63, 3.8) is 0 Å². The number of benzene rings is 3. The monoisotopic (exact) mass is 486 g/mol. The van der Waals surface area contributed by atoms with Crippen molar-refractivity contribution in [2.24, 2.45) is 0 Å². The second-order valence-corrected chi connectivity index (χ2v) is 9.46. The van der Waals surface area contributed by atoms with Gasteiger partial charge in [0.05, 0.1) is 11.4 Å². The molecule has 0 aliphatic carbocycles. The molecule has 0 aliphatic rings. The number of aryl methyl sites for hydroxylation is 3. The molecule has 5 rings (SSSR count). The Morgan fingerprint density at radius 3 is 2.46 bits per heavy atom. The lowest BCUT2D eigenvalue weighted by atomic mass is 10.1. The molecule has 0 unspecified atom stereocenters. The molecule has 0 radical (unpaired) electrons. The number of halogens is 1. The molecule has 0 fully saturated rings. The molecule has 0 atom stereocenters. The van der Waals surface area contributed by atoms with Gasteiger partial charge in [0.1, 0.15) is 16.9 Å². The smallest absolute Gasteiger partial charge is 0.283 e. The summed E-state index contributed by atoms with van der Waals surface area (Å²) < 4.78 is 15.0. The molecular formula is C27H23FN4O2S. The molecule has 5 aromatic rings. The van der Waals surface area contributed by atoms with E-state index in [-0.39, 0.29) is 17.2 Å². The van der Waals surface area contributed by atoms with Crippen LogP contribution in [0.2, 0.25) is 0 Å². The van der Waals surface area contributed by atoms with E-state index >= 15 is 0 Å². The zero-order chi connectivity index (χ0) is 24.7. The van der Waals surface area contributed by atoms with Gasteiger partial charge in [0.25, 0.3) is 5.56 Å². The van der Waals surface area contributed by atoms with Crippen LogP contribution in [0.3, 0.4) is 0 Å². The Morgan fingerprint density at radius 2 is 1.74 bits per heavy atom. The Kier molecular flexibility index (Phi) is 5.90. The number of nitrogens with one attached hydrogen (secondary N) is 2. The number of thioether (sulfide) groups is 1. The molecule has 0 saturated carbocycles. The number of carbonyl (C=O) groups is 1. The summed E-state index contributed by atoms with van der Waals surface area (Å²) in [5.41, 5.74) is 5.74. The number of amides is 1. The quantitative estimate of drug-likeness (QED) is 0.248. The van der Waals surface area contributed by atoms with Crippen molar-refractivity contribution >= 4 is 45.3 Å². The number of para-hydroxylation sites is 1. The number of anilines is 1. The highest BCUT2D eigenvalue weighted by Crippen LogP contribution is 2.27. The number of aromatic amines is 1. The van der Waals surface area contributed by atoms with Gasteiger partial charge in [-0.05, 0) is 62.2 Å². The second-order valence-electron chi connectivity index (χ2n) is 8.52. The Morgan fingerprint density at radius 1 is 1.06 bits per heavy atom. The summed E-state index contributed by atoms with van der Waals surface area (Å²) in [6, 6.07) is 17.2. The zero-order valence-corrected chi connectivity index (χ0v) is 20.3. The largest absolute Gasteiger partial charge is 0.349 e. The van der Waals surface area contributed by atoms with Crippen LogP contribution in [-0.2, 0) is 4.79 Å². The number of nitrogens with zero attached hydrogens (tertiary/aromatic N) is 2. The van der Waals surface area contributed by atoms with Crippen LogP contribution in [0, 0.1) is 26.6 Å². The van der Waals surface area contributed by atoms with Crippen LogP contribution >= 0.6 is 11.8 Å². The van der Waals surface area contributed by atoms with Crippen LogP contribution in [0.1, 0.15) is 16.7 Å². The fraction of sp³-hybridized carbons (Fsp3) is 0.148. The van der Waals surface area contributed by atoms with Crippen molar-refractivity contribution in [3.8, 4) is 5.69 Å². The van der Waals surface area contributed by atoms with Gasteiger partial charge in [0.2, 0.25) is 5.91 Å². The normalized spacial score (nSPS) is 11.3. The second kappa shape index (κ2) is 9.03. The SMILES string of the molecule is Cc1cc(C)c(NC(=O)CSc2nc3c([nH]c4ccccc43)c(=O)n2-c2ccc(F)cc2)c(C)c1. The Bertz CT molecular complexity index is 1630. The third kappa shape index (κ3) is 4.33. The molecule has 0 bridgehead atoms. The summed E-state index contributed by atoms with van der Waals surface area (Å²) in [7, 11) is 0. The molecule has 35 heavy (non-hydrogen) atoms. The third-order valence-electron chi connectivity index (χ3n) is 5.85. The van der Waals surface area contributed by atoms with E-state index in [2.05, 4.69) is 10.3 Å². The van der Waals surface area contributed by atoms with Crippen LogP contribution < -0.4 is 10.9 Å². The highest BCUT2D eigenvalue weighted by Gasteiger charge is 2.18. The van der Waals surface area contributed by atoms with Crippen molar-refractivity contribution in [3.05, 3.63) is 93.5 Å². The topological polar surface area (TPSA) is 79.8 Å². The van der Waals surface area contributed by atoms with Crippen LogP contribution in [-0.4, -0.2) is 26.2 Å². The van der Waals surface area contributed by atoms with E-state index in [0.717, 1.165) is 45.0 Å². The number of hydrogen-bond acceptors (Lipinski definition) is 4. The molecule has 1 amide bonds.